The summed E-state index contributed by atoms with van der Waals surface area (Å²) in [6.07, 6.45) is 1.86. The van der Waals surface area contributed by atoms with Crippen molar-refractivity contribution >= 4 is 48.5 Å². The number of carboxylic acid groups (broad SMARTS) is 1. The van der Waals surface area contributed by atoms with Crippen LogP contribution in [0.25, 0.3) is 22.0 Å². The van der Waals surface area contributed by atoms with Gasteiger partial charge in [-0.15, -0.1) is 0 Å². The van der Waals surface area contributed by atoms with E-state index < -0.39 is 14.4 Å². The molecular weight excluding hydrogens is 775 g/mol. The van der Waals surface area contributed by atoms with Gasteiger partial charge in [0.05, 0.1) is 17.3 Å². The Morgan fingerprint density at radius 2 is 1.57 bits per heavy atom. The van der Waals surface area contributed by atoms with E-state index in [0.717, 1.165) is 33.2 Å². The van der Waals surface area contributed by atoms with Crippen molar-refractivity contribution < 1.29 is 29.0 Å². The summed E-state index contributed by atoms with van der Waals surface area (Å²) >= 11 is 0. The molecule has 0 unspecified atom stereocenters. The minimum atomic E-state index is -2.22. The van der Waals surface area contributed by atoms with Crippen LogP contribution in [0, 0.1) is 0 Å². The molecule has 1 aromatic heterocycles. The number of nitrogens with zero attached hydrogens (tertiary/aromatic N) is 1. The quantitative estimate of drug-likeness (QED) is 0.0353. The first kappa shape index (κ1) is 45.3. The summed E-state index contributed by atoms with van der Waals surface area (Å²) in [7, 11) is -0.435. The number of hydrogen-bond acceptors (Lipinski definition) is 7. The Morgan fingerprint density at radius 1 is 0.850 bits per heavy atom. The molecule has 0 saturated carbocycles. The highest BCUT2D eigenvalue weighted by atomic mass is 28.4. The number of anilines is 2. The predicted octanol–water partition coefficient (Wildman–Crippen LogP) is 9.43. The molecule has 0 fully saturated rings. The number of aromatic nitrogens is 1. The fourth-order valence-corrected chi connectivity index (χ4v) is 8.07. The Hall–Kier alpha value is -5.76. The van der Waals surface area contributed by atoms with Gasteiger partial charge in [-0.1, -0.05) is 81.4 Å². The highest BCUT2D eigenvalue weighted by Crippen LogP contribution is 2.41. The second-order valence-electron chi connectivity index (χ2n) is 16.8. The number of aryl methyl sites for hydroxylation is 1. The zero-order valence-electron chi connectivity index (χ0n) is 35.6. The third kappa shape index (κ3) is 12.6. The number of fused-ring (bicyclic) bond motifs is 1. The monoisotopic (exact) mass is 833 g/mol. The van der Waals surface area contributed by atoms with Gasteiger partial charge in [0.25, 0.3) is 0 Å². The Morgan fingerprint density at radius 3 is 2.27 bits per heavy atom. The number of nitrogens with one attached hydrogen (secondary N) is 4. The maximum atomic E-state index is 12.8. The summed E-state index contributed by atoms with van der Waals surface area (Å²) in [6, 6.07) is 29.7. The predicted molar refractivity (Wildman–Crippen MR) is 242 cm³/mol. The summed E-state index contributed by atoms with van der Waals surface area (Å²) in [4.78, 5) is 53.5. The molecule has 12 nitrogen and oxygen atoms in total. The maximum absolute atomic E-state index is 12.8. The number of aromatic hydroxyl groups is 1. The van der Waals surface area contributed by atoms with Crippen LogP contribution in [0.4, 0.5) is 16.2 Å². The van der Waals surface area contributed by atoms with Crippen molar-refractivity contribution in [1.82, 2.24) is 15.2 Å². The van der Waals surface area contributed by atoms with Gasteiger partial charge >= 0.3 is 6.09 Å². The average molecular weight is 834 g/mol. The molecule has 0 aliphatic carbocycles. The molecular formula is C47H59N5O7Si. The first-order valence-corrected chi connectivity index (χ1v) is 23.5. The Bertz CT molecular complexity index is 2310. The number of pyridine rings is 1. The number of aromatic amines is 1. The van der Waals surface area contributed by atoms with Crippen molar-refractivity contribution in [3.63, 3.8) is 0 Å². The number of hydrogen-bond donors (Lipinski definition) is 6. The van der Waals surface area contributed by atoms with Crippen LogP contribution in [0.2, 0.25) is 18.1 Å². The lowest BCUT2D eigenvalue weighted by molar-refractivity contribution is -0.130. The van der Waals surface area contributed by atoms with Gasteiger partial charge in [0.2, 0.25) is 17.4 Å². The minimum absolute atomic E-state index is 0.0119. The van der Waals surface area contributed by atoms with Crippen molar-refractivity contribution in [3.8, 4) is 16.9 Å². The van der Waals surface area contributed by atoms with E-state index in [1.54, 1.807) is 24.1 Å². The van der Waals surface area contributed by atoms with E-state index in [9.17, 15) is 29.4 Å². The van der Waals surface area contributed by atoms with Crippen molar-refractivity contribution in [2.24, 2.45) is 0 Å². The molecule has 5 aromatic rings. The average Bonchev–Trinajstić information content (AvgIpc) is 3.20. The molecule has 13 heteroatoms. The minimum Gasteiger partial charge on any atom is -0.506 e. The van der Waals surface area contributed by atoms with Crippen LogP contribution in [0.1, 0.15) is 75.7 Å². The molecule has 0 bridgehead atoms. The van der Waals surface area contributed by atoms with Gasteiger partial charge in [-0.3, -0.25) is 19.7 Å². The van der Waals surface area contributed by atoms with Crippen molar-refractivity contribution in [2.45, 2.75) is 90.1 Å². The smallest absolute Gasteiger partial charge is 0.409 e. The molecule has 0 saturated heterocycles. The van der Waals surface area contributed by atoms with Crippen LogP contribution in [-0.4, -0.2) is 66.5 Å². The number of unbranched alkanes of at least 4 members (excludes halogenated alkanes) is 1. The summed E-state index contributed by atoms with van der Waals surface area (Å²) in [5.74, 6) is -0.0420. The number of phenolic OH excluding ortho intramolecular Hbond substituents is 1. The topological polar surface area (TPSA) is 173 Å². The van der Waals surface area contributed by atoms with Gasteiger partial charge in [-0.25, -0.2) is 4.79 Å². The van der Waals surface area contributed by atoms with E-state index in [-0.39, 0.29) is 34.3 Å². The number of phenols is 1. The summed E-state index contributed by atoms with van der Waals surface area (Å²) in [6.45, 7) is 12.6. The SMILES string of the molecule is CN(CCCCC(=O)Nc1ccc(CNC[C@@H](O[Si](C)(C)C(C)(C)C)c2ccc(O)c3[nH]c(=O)ccc23)cc1)C(=O)CCCc1ccc(-c2ccccc2)c(NC(=O)O)c1. The molecule has 60 heavy (non-hydrogen) atoms. The first-order chi connectivity index (χ1) is 28.5. The van der Waals surface area contributed by atoms with Gasteiger partial charge in [0.1, 0.15) is 5.75 Å². The Labute approximate surface area is 353 Å². The van der Waals surface area contributed by atoms with E-state index >= 15 is 0 Å². The lowest BCUT2D eigenvalue weighted by Crippen LogP contribution is -2.43. The lowest BCUT2D eigenvalue weighted by Gasteiger charge is -2.39. The highest BCUT2D eigenvalue weighted by Gasteiger charge is 2.39. The number of H-pyrrole nitrogens is 1. The number of amides is 3. The lowest BCUT2D eigenvalue weighted by atomic mass is 9.99. The second kappa shape index (κ2) is 20.5. The summed E-state index contributed by atoms with van der Waals surface area (Å²) in [5.41, 5.74) is 5.91. The maximum Gasteiger partial charge on any atom is 0.409 e. The first-order valence-electron chi connectivity index (χ1n) is 20.6. The number of benzene rings is 4. The van der Waals surface area contributed by atoms with E-state index in [1.807, 2.05) is 78.9 Å². The Kier molecular flexibility index (Phi) is 15.5. The molecule has 0 radical (unpaired) electrons. The van der Waals surface area contributed by atoms with E-state index in [0.29, 0.717) is 75.1 Å². The molecule has 0 aliphatic heterocycles. The van der Waals surface area contributed by atoms with Crippen LogP contribution in [-0.2, 0) is 27.0 Å². The van der Waals surface area contributed by atoms with E-state index in [1.165, 1.54) is 6.07 Å². The van der Waals surface area contributed by atoms with Gasteiger partial charge in [-0.05, 0) is 96.4 Å². The molecule has 3 amide bonds. The molecule has 5 rings (SSSR count). The van der Waals surface area contributed by atoms with Crippen LogP contribution in [0.5, 0.6) is 5.75 Å². The third-order valence-electron chi connectivity index (χ3n) is 11.2. The molecule has 0 aliphatic rings. The van der Waals surface area contributed by atoms with E-state index in [2.05, 4.69) is 54.8 Å². The van der Waals surface area contributed by atoms with Crippen LogP contribution in [0.3, 0.4) is 0 Å². The second-order valence-corrected chi connectivity index (χ2v) is 21.6. The van der Waals surface area contributed by atoms with Gasteiger partial charge in [-0.2, -0.15) is 0 Å². The molecule has 1 atom stereocenters. The fraction of sp³-hybridized carbons (Fsp3) is 0.362. The molecule has 1 heterocycles. The van der Waals surface area contributed by atoms with Gasteiger partial charge < -0.3 is 35.2 Å². The Balaban J connectivity index is 1.04. The molecule has 4 aromatic carbocycles. The third-order valence-corrected chi connectivity index (χ3v) is 15.7. The fourth-order valence-electron chi connectivity index (χ4n) is 6.79. The van der Waals surface area contributed by atoms with Crippen molar-refractivity contribution in [2.75, 3.05) is 30.8 Å². The summed E-state index contributed by atoms with van der Waals surface area (Å²) < 4.78 is 6.91. The number of carbonyl (C=O) groups excluding carboxylic acids is 2. The standard InChI is InChI=1S/C47H59N5O7Si/c1-47(2,3)60(5,6)59-41(37-24-26-40(53)45-38(37)25-27-43(55)51-45)31-48-30-33-18-21-35(22-19-33)49-42(54)16-10-11-28-52(4)44(56)17-12-13-32-20-23-36(34-14-8-7-9-15-34)39(29-32)50-46(57)58/h7-9,14-15,18-27,29,41,48,50,53H,10-13,16-17,28,30-31H2,1-6H3,(H,49,54)(H,51,55)(H,57,58)/t41-/m1/s1. The van der Waals surface area contributed by atoms with Gasteiger partial charge in [0, 0.05) is 62.2 Å². The number of rotatable bonds is 19. The molecule has 0 spiro atoms. The normalized spacial score (nSPS) is 12.2. The largest absolute Gasteiger partial charge is 0.506 e. The van der Waals surface area contributed by atoms with E-state index in [4.69, 9.17) is 4.43 Å². The van der Waals surface area contributed by atoms with Crippen LogP contribution >= 0.6 is 0 Å². The van der Waals surface area contributed by atoms with Crippen molar-refractivity contribution in [1.29, 1.82) is 0 Å². The summed E-state index contributed by atoms with van der Waals surface area (Å²) in [5, 5.41) is 29.6. The molecule has 6 N–H and O–H groups in total. The molecule has 318 valence electrons. The van der Waals surface area contributed by atoms with Crippen molar-refractivity contribution in [3.05, 3.63) is 124 Å². The zero-order valence-corrected chi connectivity index (χ0v) is 36.6. The highest BCUT2D eigenvalue weighted by molar-refractivity contribution is 6.74. The van der Waals surface area contributed by atoms with Crippen LogP contribution in [0.15, 0.2) is 102 Å². The van der Waals surface area contributed by atoms with Crippen LogP contribution < -0.4 is 21.5 Å². The van der Waals surface area contributed by atoms with Gasteiger partial charge in [0.15, 0.2) is 8.32 Å². The number of carbonyl (C=O) groups is 3. The zero-order chi connectivity index (χ0) is 43.5.